The van der Waals surface area contributed by atoms with E-state index < -0.39 is 66.6 Å². The fraction of sp³-hybridized carbons (Fsp3) is 0.571. The SMILES string of the molecule is NC(=O)CCC(NC(=O)CNC(=O)C(N)CC(N)=O)C(=O)NC(CS)C(=O)O. The number of carbonyl (C=O) groups is 6. The van der Waals surface area contributed by atoms with E-state index in [2.05, 4.69) is 28.6 Å². The lowest BCUT2D eigenvalue weighted by Gasteiger charge is -2.20. The summed E-state index contributed by atoms with van der Waals surface area (Å²) in [7, 11) is 0. The highest BCUT2D eigenvalue weighted by Crippen LogP contribution is 2.00. The van der Waals surface area contributed by atoms with E-state index in [1.54, 1.807) is 0 Å². The number of carbonyl (C=O) groups excluding carboxylic acids is 5. The molecular weight excluding hydrogens is 396 g/mol. The van der Waals surface area contributed by atoms with Crippen molar-refractivity contribution in [3.63, 3.8) is 0 Å². The van der Waals surface area contributed by atoms with Crippen LogP contribution in [-0.2, 0) is 28.8 Å². The first-order valence-corrected chi connectivity index (χ1v) is 8.64. The highest BCUT2D eigenvalue weighted by atomic mass is 32.1. The number of thiol groups is 1. The number of primary amides is 2. The standard InChI is InChI=1S/C14H24N6O7S/c15-6(3-10(17)22)12(24)18-4-11(23)19-7(1-2-9(16)21)13(25)20-8(5-28)14(26)27/h6-8,28H,1-5,15H2,(H2,16,21)(H2,17,22)(H,18,24)(H,19,23)(H,20,25)(H,26,27). The molecule has 0 aliphatic carbocycles. The molecule has 0 bridgehead atoms. The third-order valence-electron chi connectivity index (χ3n) is 3.31. The molecule has 0 aromatic carbocycles. The summed E-state index contributed by atoms with van der Waals surface area (Å²) < 4.78 is 0. The number of nitrogens with two attached hydrogens (primary N) is 3. The average Bonchev–Trinajstić information content (AvgIpc) is 2.59. The van der Waals surface area contributed by atoms with Gasteiger partial charge >= 0.3 is 5.97 Å². The zero-order valence-corrected chi connectivity index (χ0v) is 15.7. The summed E-state index contributed by atoms with van der Waals surface area (Å²) in [5, 5.41) is 15.5. The Morgan fingerprint density at radius 3 is 2.00 bits per heavy atom. The van der Waals surface area contributed by atoms with Crippen LogP contribution in [0.25, 0.3) is 0 Å². The van der Waals surface area contributed by atoms with Crippen molar-refractivity contribution in [2.75, 3.05) is 12.3 Å². The zero-order valence-electron chi connectivity index (χ0n) is 14.8. The minimum atomic E-state index is -1.33. The minimum absolute atomic E-state index is 0.193. The van der Waals surface area contributed by atoms with Gasteiger partial charge in [-0.25, -0.2) is 4.79 Å². The summed E-state index contributed by atoms with van der Waals surface area (Å²) in [6.45, 7) is -0.583. The van der Waals surface area contributed by atoms with Gasteiger partial charge in [0.25, 0.3) is 0 Å². The summed E-state index contributed by atoms with van der Waals surface area (Å²) in [5.41, 5.74) is 15.3. The molecule has 13 nitrogen and oxygen atoms in total. The number of amides is 5. The molecule has 0 saturated carbocycles. The van der Waals surface area contributed by atoms with Gasteiger partial charge in [-0.05, 0) is 6.42 Å². The fourth-order valence-corrected chi connectivity index (χ4v) is 2.11. The second kappa shape index (κ2) is 12.5. The molecule has 0 radical (unpaired) electrons. The normalized spacial score (nSPS) is 13.5. The lowest BCUT2D eigenvalue weighted by molar-refractivity contribution is -0.141. The molecule has 0 aromatic heterocycles. The van der Waals surface area contributed by atoms with Crippen LogP contribution in [0.4, 0.5) is 0 Å². The Bertz CT molecular complexity index is 629. The van der Waals surface area contributed by atoms with E-state index in [4.69, 9.17) is 22.3 Å². The van der Waals surface area contributed by atoms with Crippen molar-refractivity contribution >= 4 is 48.1 Å². The summed E-state index contributed by atoms with van der Waals surface area (Å²) >= 11 is 3.80. The zero-order chi connectivity index (χ0) is 21.9. The number of hydrogen-bond donors (Lipinski definition) is 8. The lowest BCUT2D eigenvalue weighted by atomic mass is 10.1. The Hall–Kier alpha value is -2.87. The van der Waals surface area contributed by atoms with Crippen LogP contribution in [0.2, 0.25) is 0 Å². The largest absolute Gasteiger partial charge is 0.480 e. The van der Waals surface area contributed by atoms with Gasteiger partial charge in [0, 0.05) is 12.2 Å². The summed E-state index contributed by atoms with van der Waals surface area (Å²) in [6, 6.07) is -3.83. The Balaban J connectivity index is 4.84. The molecule has 3 atom stereocenters. The average molecular weight is 420 g/mol. The molecule has 0 aliphatic rings. The van der Waals surface area contributed by atoms with Gasteiger partial charge in [0.2, 0.25) is 29.5 Å². The highest BCUT2D eigenvalue weighted by Gasteiger charge is 2.26. The van der Waals surface area contributed by atoms with Gasteiger partial charge in [-0.3, -0.25) is 24.0 Å². The van der Waals surface area contributed by atoms with Crippen LogP contribution < -0.4 is 33.2 Å². The van der Waals surface area contributed by atoms with Crippen molar-refractivity contribution in [2.24, 2.45) is 17.2 Å². The van der Waals surface area contributed by atoms with E-state index in [9.17, 15) is 28.8 Å². The Labute approximate surface area is 165 Å². The first kappa shape index (κ1) is 25.1. The van der Waals surface area contributed by atoms with Crippen molar-refractivity contribution in [3.8, 4) is 0 Å². The second-order valence-corrected chi connectivity index (χ2v) is 6.07. The first-order valence-electron chi connectivity index (χ1n) is 8.01. The maximum atomic E-state index is 12.2. The van der Waals surface area contributed by atoms with E-state index in [1.165, 1.54) is 0 Å². The lowest BCUT2D eigenvalue weighted by Crippen LogP contribution is -2.54. The molecule has 10 N–H and O–H groups in total. The van der Waals surface area contributed by atoms with Crippen molar-refractivity contribution in [2.45, 2.75) is 37.4 Å². The van der Waals surface area contributed by atoms with Crippen LogP contribution in [0.15, 0.2) is 0 Å². The van der Waals surface area contributed by atoms with E-state index in [-0.39, 0.29) is 18.6 Å². The van der Waals surface area contributed by atoms with Gasteiger partial charge in [-0.1, -0.05) is 0 Å². The van der Waals surface area contributed by atoms with E-state index in [0.29, 0.717) is 0 Å². The van der Waals surface area contributed by atoms with Crippen molar-refractivity contribution in [3.05, 3.63) is 0 Å². The summed E-state index contributed by atoms with van der Waals surface area (Å²) in [6.07, 6.45) is -0.870. The van der Waals surface area contributed by atoms with Crippen LogP contribution >= 0.6 is 12.6 Å². The maximum Gasteiger partial charge on any atom is 0.327 e. The predicted molar refractivity (Wildman–Crippen MR) is 98.6 cm³/mol. The van der Waals surface area contributed by atoms with Crippen LogP contribution in [0.3, 0.4) is 0 Å². The summed E-state index contributed by atoms with van der Waals surface area (Å²) in [4.78, 5) is 68.4. The summed E-state index contributed by atoms with van der Waals surface area (Å²) in [5.74, 6) is -5.57. The molecule has 0 spiro atoms. The quantitative estimate of drug-likeness (QED) is 0.135. The van der Waals surface area contributed by atoms with E-state index in [0.717, 1.165) is 0 Å². The number of carboxylic acid groups (broad SMARTS) is 1. The van der Waals surface area contributed by atoms with Crippen LogP contribution in [0, 0.1) is 0 Å². The third-order valence-corrected chi connectivity index (χ3v) is 3.67. The number of hydrogen-bond acceptors (Lipinski definition) is 8. The molecule has 0 aliphatic heterocycles. The molecule has 158 valence electrons. The molecule has 5 amide bonds. The number of nitrogens with one attached hydrogen (secondary N) is 3. The van der Waals surface area contributed by atoms with Gasteiger partial charge < -0.3 is 38.3 Å². The molecule has 0 rings (SSSR count). The van der Waals surface area contributed by atoms with Gasteiger partial charge in [0.15, 0.2) is 0 Å². The Morgan fingerprint density at radius 2 is 1.54 bits per heavy atom. The molecule has 0 heterocycles. The molecule has 0 aromatic rings. The highest BCUT2D eigenvalue weighted by molar-refractivity contribution is 7.80. The Kier molecular flexibility index (Phi) is 11.2. The fourth-order valence-electron chi connectivity index (χ4n) is 1.87. The van der Waals surface area contributed by atoms with Gasteiger partial charge in [0.1, 0.15) is 12.1 Å². The second-order valence-electron chi connectivity index (χ2n) is 5.70. The monoisotopic (exact) mass is 420 g/mol. The van der Waals surface area contributed by atoms with Gasteiger partial charge in [-0.15, -0.1) is 0 Å². The Morgan fingerprint density at radius 1 is 0.929 bits per heavy atom. The van der Waals surface area contributed by atoms with Gasteiger partial charge in [0.05, 0.1) is 19.0 Å². The molecule has 28 heavy (non-hydrogen) atoms. The van der Waals surface area contributed by atoms with Crippen molar-refractivity contribution in [1.29, 1.82) is 0 Å². The first-order chi connectivity index (χ1) is 13.0. The van der Waals surface area contributed by atoms with E-state index >= 15 is 0 Å². The molecule has 0 fully saturated rings. The van der Waals surface area contributed by atoms with Gasteiger partial charge in [-0.2, -0.15) is 12.6 Å². The maximum absolute atomic E-state index is 12.2. The smallest absolute Gasteiger partial charge is 0.327 e. The van der Waals surface area contributed by atoms with Crippen molar-refractivity contribution < 1.29 is 33.9 Å². The predicted octanol–water partition coefficient (Wildman–Crippen LogP) is -4.45. The minimum Gasteiger partial charge on any atom is -0.480 e. The topological polar surface area (TPSA) is 237 Å². The number of aliphatic carboxylic acids is 1. The molecular formula is C14H24N6O7S. The molecule has 14 heteroatoms. The number of carboxylic acids is 1. The number of rotatable bonds is 13. The van der Waals surface area contributed by atoms with E-state index in [1.807, 2.05) is 0 Å². The third kappa shape index (κ3) is 10.3. The molecule has 0 saturated heterocycles. The van der Waals surface area contributed by atoms with Crippen LogP contribution in [-0.4, -0.2) is 71.0 Å². The molecule has 3 unspecified atom stereocenters. The van der Waals surface area contributed by atoms with Crippen LogP contribution in [0.5, 0.6) is 0 Å². The van der Waals surface area contributed by atoms with Crippen molar-refractivity contribution in [1.82, 2.24) is 16.0 Å². The van der Waals surface area contributed by atoms with Crippen LogP contribution in [0.1, 0.15) is 19.3 Å².